The SMILES string of the molecule is CCS(=O)(=O)N[C@H](C(=O)N1CCc2ccccc21)C(C)C. The minimum absolute atomic E-state index is 0.0277. The lowest BCUT2D eigenvalue weighted by atomic mass is 10.0. The van der Waals surface area contributed by atoms with E-state index in [0.717, 1.165) is 17.7 Å². The Morgan fingerprint density at radius 1 is 1.33 bits per heavy atom. The minimum atomic E-state index is -3.41. The molecule has 5 nitrogen and oxygen atoms in total. The van der Waals surface area contributed by atoms with Crippen molar-refractivity contribution in [3.8, 4) is 0 Å². The molecular formula is C15H22N2O3S. The molecule has 0 spiro atoms. The first kappa shape index (κ1) is 16.0. The number of nitrogens with one attached hydrogen (secondary N) is 1. The van der Waals surface area contributed by atoms with Crippen LogP contribution in [0.3, 0.4) is 0 Å². The van der Waals surface area contributed by atoms with Gasteiger partial charge >= 0.3 is 0 Å². The highest BCUT2D eigenvalue weighted by atomic mass is 32.2. The average molecular weight is 310 g/mol. The molecule has 1 aliphatic heterocycles. The molecule has 21 heavy (non-hydrogen) atoms. The van der Waals surface area contributed by atoms with Gasteiger partial charge in [-0.3, -0.25) is 4.79 Å². The summed E-state index contributed by atoms with van der Waals surface area (Å²) in [6.45, 7) is 5.87. The van der Waals surface area contributed by atoms with Gasteiger partial charge in [0, 0.05) is 12.2 Å². The fraction of sp³-hybridized carbons (Fsp3) is 0.533. The lowest BCUT2D eigenvalue weighted by Crippen LogP contribution is -2.51. The van der Waals surface area contributed by atoms with Gasteiger partial charge in [-0.2, -0.15) is 0 Å². The number of hydrogen-bond donors (Lipinski definition) is 1. The van der Waals surface area contributed by atoms with Gasteiger partial charge in [0.15, 0.2) is 0 Å². The fourth-order valence-corrected chi connectivity index (χ4v) is 3.41. The maximum absolute atomic E-state index is 12.7. The van der Waals surface area contributed by atoms with Crippen LogP contribution in [0.15, 0.2) is 24.3 Å². The first-order valence-corrected chi connectivity index (χ1v) is 8.90. The smallest absolute Gasteiger partial charge is 0.245 e. The summed E-state index contributed by atoms with van der Waals surface area (Å²) < 4.78 is 26.1. The Hall–Kier alpha value is -1.40. The van der Waals surface area contributed by atoms with Crippen LogP contribution < -0.4 is 9.62 Å². The van der Waals surface area contributed by atoms with Crippen molar-refractivity contribution in [2.75, 3.05) is 17.2 Å². The summed E-state index contributed by atoms with van der Waals surface area (Å²) in [7, 11) is -3.41. The molecule has 0 saturated carbocycles. The lowest BCUT2D eigenvalue weighted by Gasteiger charge is -2.27. The third-order valence-corrected chi connectivity index (χ3v) is 5.15. The van der Waals surface area contributed by atoms with Crippen LogP contribution in [0.5, 0.6) is 0 Å². The number of hydrogen-bond acceptors (Lipinski definition) is 3. The van der Waals surface area contributed by atoms with Crippen molar-refractivity contribution in [2.24, 2.45) is 5.92 Å². The number of benzene rings is 1. The van der Waals surface area contributed by atoms with E-state index in [-0.39, 0.29) is 17.6 Å². The van der Waals surface area contributed by atoms with Crippen LogP contribution in [0, 0.1) is 5.92 Å². The Morgan fingerprint density at radius 3 is 2.62 bits per heavy atom. The molecule has 0 aromatic heterocycles. The number of para-hydroxylation sites is 1. The number of sulfonamides is 1. The van der Waals surface area contributed by atoms with Gasteiger partial charge in [-0.15, -0.1) is 0 Å². The molecule has 0 unspecified atom stereocenters. The van der Waals surface area contributed by atoms with Crippen LogP contribution in [0.4, 0.5) is 5.69 Å². The normalized spacial score (nSPS) is 16.1. The second-order valence-corrected chi connectivity index (χ2v) is 7.65. The van der Waals surface area contributed by atoms with Crippen molar-refractivity contribution in [3.63, 3.8) is 0 Å². The number of amides is 1. The third-order valence-electron chi connectivity index (χ3n) is 3.77. The molecule has 1 aromatic rings. The van der Waals surface area contributed by atoms with Crippen molar-refractivity contribution in [1.82, 2.24) is 4.72 Å². The Kier molecular flexibility index (Phi) is 4.68. The molecule has 0 aliphatic carbocycles. The molecule has 1 amide bonds. The van der Waals surface area contributed by atoms with Gasteiger partial charge in [0.1, 0.15) is 6.04 Å². The summed E-state index contributed by atoms with van der Waals surface area (Å²) in [6.07, 6.45) is 0.813. The number of anilines is 1. The summed E-state index contributed by atoms with van der Waals surface area (Å²) >= 11 is 0. The van der Waals surface area contributed by atoms with Crippen LogP contribution >= 0.6 is 0 Å². The van der Waals surface area contributed by atoms with E-state index in [2.05, 4.69) is 4.72 Å². The molecule has 0 fully saturated rings. The molecule has 0 saturated heterocycles. The number of rotatable bonds is 5. The minimum Gasteiger partial charge on any atom is -0.310 e. The van der Waals surface area contributed by atoms with Crippen LogP contribution in [0.2, 0.25) is 0 Å². The van der Waals surface area contributed by atoms with Crippen LogP contribution in [-0.4, -0.2) is 32.7 Å². The molecule has 2 rings (SSSR count). The van der Waals surface area contributed by atoms with Crippen molar-refractivity contribution in [3.05, 3.63) is 29.8 Å². The molecule has 6 heteroatoms. The maximum Gasteiger partial charge on any atom is 0.245 e. The van der Waals surface area contributed by atoms with Gasteiger partial charge in [0.25, 0.3) is 0 Å². The van der Waals surface area contributed by atoms with E-state index >= 15 is 0 Å². The van der Waals surface area contributed by atoms with E-state index in [0.29, 0.717) is 6.54 Å². The molecule has 1 aromatic carbocycles. The van der Waals surface area contributed by atoms with Gasteiger partial charge in [0.2, 0.25) is 15.9 Å². The number of nitrogens with zero attached hydrogens (tertiary/aromatic N) is 1. The van der Waals surface area contributed by atoms with Crippen LogP contribution in [-0.2, 0) is 21.2 Å². The van der Waals surface area contributed by atoms with Crippen LogP contribution in [0.1, 0.15) is 26.3 Å². The molecule has 1 N–H and O–H groups in total. The second-order valence-electron chi connectivity index (χ2n) is 5.61. The predicted molar refractivity (Wildman–Crippen MR) is 83.7 cm³/mol. The molecule has 0 radical (unpaired) electrons. The zero-order chi connectivity index (χ0) is 15.6. The zero-order valence-corrected chi connectivity index (χ0v) is 13.5. The van der Waals surface area contributed by atoms with E-state index in [1.807, 2.05) is 38.1 Å². The van der Waals surface area contributed by atoms with E-state index < -0.39 is 16.1 Å². The molecule has 1 aliphatic rings. The fourth-order valence-electron chi connectivity index (χ4n) is 2.48. The lowest BCUT2D eigenvalue weighted by molar-refractivity contribution is -0.121. The first-order valence-electron chi connectivity index (χ1n) is 7.25. The Bertz CT molecular complexity index is 626. The van der Waals surface area contributed by atoms with Crippen molar-refractivity contribution in [1.29, 1.82) is 0 Å². The molecule has 0 bridgehead atoms. The number of carbonyl (C=O) groups excluding carboxylic acids is 1. The standard InChI is InChI=1S/C15H22N2O3S/c1-4-21(19,20)16-14(11(2)3)15(18)17-10-9-12-7-5-6-8-13(12)17/h5-8,11,14,16H,4,9-10H2,1-3H3/t14-/m0/s1. The van der Waals surface area contributed by atoms with Crippen molar-refractivity contribution < 1.29 is 13.2 Å². The molecule has 1 heterocycles. The maximum atomic E-state index is 12.7. The molecule has 116 valence electrons. The van der Waals surface area contributed by atoms with Gasteiger partial charge in [-0.1, -0.05) is 32.0 Å². The average Bonchev–Trinajstić information content (AvgIpc) is 2.88. The summed E-state index contributed by atoms with van der Waals surface area (Å²) in [5, 5.41) is 0. The first-order chi connectivity index (χ1) is 9.85. The second kappa shape index (κ2) is 6.15. The van der Waals surface area contributed by atoms with E-state index in [1.165, 1.54) is 0 Å². The third kappa shape index (κ3) is 3.44. The highest BCUT2D eigenvalue weighted by Gasteiger charge is 2.33. The topological polar surface area (TPSA) is 66.5 Å². The van der Waals surface area contributed by atoms with Crippen molar-refractivity contribution in [2.45, 2.75) is 33.2 Å². The zero-order valence-electron chi connectivity index (χ0n) is 12.7. The van der Waals surface area contributed by atoms with Gasteiger partial charge in [0.05, 0.1) is 5.75 Å². The Morgan fingerprint density at radius 2 is 2.00 bits per heavy atom. The predicted octanol–water partition coefficient (Wildman–Crippen LogP) is 1.54. The van der Waals surface area contributed by atoms with Gasteiger partial charge in [-0.05, 0) is 30.9 Å². The summed E-state index contributed by atoms with van der Waals surface area (Å²) in [4.78, 5) is 14.4. The number of fused-ring (bicyclic) bond motifs is 1. The van der Waals surface area contributed by atoms with E-state index in [9.17, 15) is 13.2 Å². The Labute approximate surface area is 126 Å². The highest BCUT2D eigenvalue weighted by Crippen LogP contribution is 2.28. The van der Waals surface area contributed by atoms with Gasteiger partial charge < -0.3 is 4.90 Å². The van der Waals surface area contributed by atoms with Crippen LogP contribution in [0.25, 0.3) is 0 Å². The monoisotopic (exact) mass is 310 g/mol. The molecule has 1 atom stereocenters. The quantitative estimate of drug-likeness (QED) is 0.897. The van der Waals surface area contributed by atoms with Gasteiger partial charge in [-0.25, -0.2) is 13.1 Å². The highest BCUT2D eigenvalue weighted by molar-refractivity contribution is 7.89. The van der Waals surface area contributed by atoms with E-state index in [1.54, 1.807) is 11.8 Å². The summed E-state index contributed by atoms with van der Waals surface area (Å²) in [5.41, 5.74) is 2.02. The summed E-state index contributed by atoms with van der Waals surface area (Å²) in [6, 6.07) is 7.04. The number of carbonyl (C=O) groups is 1. The summed E-state index contributed by atoms with van der Waals surface area (Å²) in [5.74, 6) is -0.307. The van der Waals surface area contributed by atoms with E-state index in [4.69, 9.17) is 0 Å². The van der Waals surface area contributed by atoms with Crippen molar-refractivity contribution >= 4 is 21.6 Å². The Balaban J connectivity index is 2.25. The molecular weight excluding hydrogens is 288 g/mol. The largest absolute Gasteiger partial charge is 0.310 e.